The first-order valence-electron chi connectivity index (χ1n) is 7.03. The lowest BCUT2D eigenvalue weighted by molar-refractivity contribution is -0.118. The molecule has 2 rings (SSSR count). The molecule has 0 saturated carbocycles. The monoisotopic (exact) mass is 333 g/mol. The SMILES string of the molecule is CCOc1cc(C=O)c(Cl)cc1OCC(=O)Nc1ccccc1. The minimum atomic E-state index is -0.311. The van der Waals surface area contributed by atoms with Gasteiger partial charge in [-0.25, -0.2) is 0 Å². The second-order valence-corrected chi connectivity index (χ2v) is 4.98. The van der Waals surface area contributed by atoms with Gasteiger partial charge >= 0.3 is 0 Å². The van der Waals surface area contributed by atoms with E-state index in [1.807, 2.05) is 18.2 Å². The van der Waals surface area contributed by atoms with E-state index in [1.54, 1.807) is 19.1 Å². The lowest BCUT2D eigenvalue weighted by Crippen LogP contribution is -2.20. The molecule has 0 aliphatic rings. The third-order valence-corrected chi connectivity index (χ3v) is 3.23. The number of hydrogen-bond acceptors (Lipinski definition) is 4. The van der Waals surface area contributed by atoms with Crippen molar-refractivity contribution in [1.82, 2.24) is 0 Å². The number of nitrogens with one attached hydrogen (secondary N) is 1. The van der Waals surface area contributed by atoms with Crippen molar-refractivity contribution in [2.75, 3.05) is 18.5 Å². The molecule has 0 spiro atoms. The van der Waals surface area contributed by atoms with Crippen molar-refractivity contribution in [2.24, 2.45) is 0 Å². The molecule has 0 fully saturated rings. The van der Waals surface area contributed by atoms with Crippen molar-refractivity contribution < 1.29 is 19.1 Å². The van der Waals surface area contributed by atoms with Crippen molar-refractivity contribution in [2.45, 2.75) is 6.92 Å². The summed E-state index contributed by atoms with van der Waals surface area (Å²) in [5.41, 5.74) is 0.983. The van der Waals surface area contributed by atoms with Crippen LogP contribution in [0.1, 0.15) is 17.3 Å². The number of aldehydes is 1. The number of rotatable bonds is 7. The normalized spacial score (nSPS) is 10.0. The largest absolute Gasteiger partial charge is 0.490 e. The number of ether oxygens (including phenoxy) is 2. The Kier molecular flexibility index (Phi) is 6.00. The molecular formula is C17H16ClNO4. The maximum atomic E-state index is 11.9. The van der Waals surface area contributed by atoms with E-state index < -0.39 is 0 Å². The highest BCUT2D eigenvalue weighted by Crippen LogP contribution is 2.33. The Hall–Kier alpha value is -2.53. The third-order valence-electron chi connectivity index (χ3n) is 2.91. The van der Waals surface area contributed by atoms with Gasteiger partial charge in [0, 0.05) is 17.3 Å². The summed E-state index contributed by atoms with van der Waals surface area (Å²) in [4.78, 5) is 22.8. The minimum absolute atomic E-state index is 0.203. The Morgan fingerprint density at radius 2 is 1.87 bits per heavy atom. The summed E-state index contributed by atoms with van der Waals surface area (Å²) >= 11 is 5.98. The van der Waals surface area contributed by atoms with Crippen molar-refractivity contribution in [3.63, 3.8) is 0 Å². The van der Waals surface area contributed by atoms with Crippen molar-refractivity contribution >= 4 is 29.5 Å². The van der Waals surface area contributed by atoms with E-state index in [0.717, 1.165) is 0 Å². The van der Waals surface area contributed by atoms with Crippen LogP contribution in [0.3, 0.4) is 0 Å². The quantitative estimate of drug-likeness (QED) is 0.787. The fraction of sp³-hybridized carbons (Fsp3) is 0.176. The summed E-state index contributed by atoms with van der Waals surface area (Å²) in [6.45, 7) is 2.00. The molecule has 0 aromatic heterocycles. The van der Waals surface area contributed by atoms with Crippen LogP contribution in [0.2, 0.25) is 5.02 Å². The van der Waals surface area contributed by atoms with Gasteiger partial charge in [0.1, 0.15) is 0 Å². The second kappa shape index (κ2) is 8.19. The summed E-state index contributed by atoms with van der Waals surface area (Å²) in [7, 11) is 0. The van der Waals surface area contributed by atoms with Gasteiger partial charge < -0.3 is 14.8 Å². The van der Waals surface area contributed by atoms with Crippen LogP contribution in [0.15, 0.2) is 42.5 Å². The number of carbonyl (C=O) groups is 2. The summed E-state index contributed by atoms with van der Waals surface area (Å²) in [5, 5.41) is 2.94. The molecule has 1 N–H and O–H groups in total. The Bertz CT molecular complexity index is 688. The number of carbonyl (C=O) groups excluding carboxylic acids is 2. The summed E-state index contributed by atoms with van der Waals surface area (Å²) in [6.07, 6.45) is 0.636. The molecule has 0 bridgehead atoms. The summed E-state index contributed by atoms with van der Waals surface area (Å²) in [6, 6.07) is 12.0. The standard InChI is InChI=1S/C17H16ClNO4/c1-2-22-15-8-12(10-20)14(18)9-16(15)23-11-17(21)19-13-6-4-3-5-7-13/h3-10H,2,11H2,1H3,(H,19,21). The number of benzene rings is 2. The van der Waals surface area contributed by atoms with Crippen molar-refractivity contribution in [3.8, 4) is 11.5 Å². The zero-order chi connectivity index (χ0) is 16.7. The maximum Gasteiger partial charge on any atom is 0.262 e. The predicted molar refractivity (Wildman–Crippen MR) is 88.6 cm³/mol. The first kappa shape index (κ1) is 16.8. The van der Waals surface area contributed by atoms with Crippen LogP contribution in [0.4, 0.5) is 5.69 Å². The Morgan fingerprint density at radius 3 is 2.52 bits per heavy atom. The van der Waals surface area contributed by atoms with E-state index in [-0.39, 0.29) is 17.5 Å². The van der Waals surface area contributed by atoms with E-state index in [1.165, 1.54) is 12.1 Å². The first-order valence-corrected chi connectivity index (χ1v) is 7.41. The van der Waals surface area contributed by atoms with E-state index in [9.17, 15) is 9.59 Å². The lowest BCUT2D eigenvalue weighted by Gasteiger charge is -2.13. The summed E-state index contributed by atoms with van der Waals surface area (Å²) < 4.78 is 10.9. The second-order valence-electron chi connectivity index (χ2n) is 4.57. The smallest absolute Gasteiger partial charge is 0.262 e. The zero-order valence-corrected chi connectivity index (χ0v) is 13.3. The fourth-order valence-electron chi connectivity index (χ4n) is 1.88. The van der Waals surface area contributed by atoms with Gasteiger partial charge in [0.25, 0.3) is 5.91 Å². The van der Waals surface area contributed by atoms with Gasteiger partial charge in [-0.2, -0.15) is 0 Å². The molecule has 6 heteroatoms. The van der Waals surface area contributed by atoms with Crippen LogP contribution in [0.5, 0.6) is 11.5 Å². The molecule has 0 saturated heterocycles. The molecule has 2 aromatic carbocycles. The van der Waals surface area contributed by atoms with Crippen molar-refractivity contribution in [3.05, 3.63) is 53.1 Å². The highest BCUT2D eigenvalue weighted by molar-refractivity contribution is 6.33. The minimum Gasteiger partial charge on any atom is -0.490 e. The van der Waals surface area contributed by atoms with Crippen LogP contribution >= 0.6 is 11.6 Å². The number of amides is 1. The Morgan fingerprint density at radius 1 is 1.17 bits per heavy atom. The first-order chi connectivity index (χ1) is 11.1. The molecule has 0 unspecified atom stereocenters. The highest BCUT2D eigenvalue weighted by atomic mass is 35.5. The maximum absolute atomic E-state index is 11.9. The average molecular weight is 334 g/mol. The van der Waals surface area contributed by atoms with E-state index in [2.05, 4.69) is 5.32 Å². The van der Waals surface area contributed by atoms with Gasteiger partial charge in [-0.1, -0.05) is 29.8 Å². The topological polar surface area (TPSA) is 64.6 Å². The fourth-order valence-corrected chi connectivity index (χ4v) is 2.08. The predicted octanol–water partition coefficient (Wildman–Crippen LogP) is 3.57. The molecule has 23 heavy (non-hydrogen) atoms. The van der Waals surface area contributed by atoms with Gasteiger partial charge in [-0.15, -0.1) is 0 Å². The zero-order valence-electron chi connectivity index (χ0n) is 12.5. The molecule has 0 radical (unpaired) electrons. The molecule has 1 amide bonds. The van der Waals surface area contributed by atoms with Gasteiger partial charge in [0.2, 0.25) is 0 Å². The van der Waals surface area contributed by atoms with Gasteiger partial charge in [-0.3, -0.25) is 9.59 Å². The van der Waals surface area contributed by atoms with Gasteiger partial charge in [0.05, 0.1) is 11.6 Å². The van der Waals surface area contributed by atoms with Crippen LogP contribution in [-0.2, 0) is 4.79 Å². The van der Waals surface area contributed by atoms with Crippen LogP contribution in [-0.4, -0.2) is 25.4 Å². The molecule has 0 atom stereocenters. The van der Waals surface area contributed by atoms with Gasteiger partial charge in [0.15, 0.2) is 24.4 Å². The van der Waals surface area contributed by atoms with Crippen LogP contribution < -0.4 is 14.8 Å². The molecule has 0 aliphatic carbocycles. The average Bonchev–Trinajstić information content (AvgIpc) is 2.56. The Labute approximate surface area is 139 Å². The third kappa shape index (κ3) is 4.72. The number of para-hydroxylation sites is 1. The summed E-state index contributed by atoms with van der Waals surface area (Å²) in [5.74, 6) is 0.367. The van der Waals surface area contributed by atoms with Crippen LogP contribution in [0.25, 0.3) is 0 Å². The molecule has 0 heterocycles. The van der Waals surface area contributed by atoms with Crippen molar-refractivity contribution in [1.29, 1.82) is 0 Å². The van der Waals surface area contributed by atoms with E-state index >= 15 is 0 Å². The molecule has 5 nitrogen and oxygen atoms in total. The molecule has 0 aliphatic heterocycles. The van der Waals surface area contributed by atoms with Crippen LogP contribution in [0, 0.1) is 0 Å². The number of anilines is 1. The molecule has 120 valence electrons. The van der Waals surface area contributed by atoms with Gasteiger partial charge in [-0.05, 0) is 25.1 Å². The van der Waals surface area contributed by atoms with E-state index in [4.69, 9.17) is 21.1 Å². The van der Waals surface area contributed by atoms with E-state index in [0.29, 0.717) is 35.6 Å². The number of halogens is 1. The molecular weight excluding hydrogens is 318 g/mol. The molecule has 2 aromatic rings. The highest BCUT2D eigenvalue weighted by Gasteiger charge is 2.12. The lowest BCUT2D eigenvalue weighted by atomic mass is 10.2. The number of hydrogen-bond donors (Lipinski definition) is 1. The Balaban J connectivity index is 2.05.